The Kier molecular flexibility index (Phi) is 4.38. The molecule has 0 N–H and O–H groups in total. The van der Waals surface area contributed by atoms with Crippen molar-refractivity contribution in [1.82, 2.24) is 19.7 Å². The van der Waals surface area contributed by atoms with Crippen molar-refractivity contribution in [2.45, 2.75) is 10.8 Å². The zero-order valence-corrected chi connectivity index (χ0v) is 14.9. The van der Waals surface area contributed by atoms with Crippen molar-refractivity contribution in [3.8, 4) is 17.2 Å². The van der Waals surface area contributed by atoms with Gasteiger partial charge in [0.1, 0.15) is 11.4 Å². The largest absolute Gasteiger partial charge is 0.250 e. The highest BCUT2D eigenvalue weighted by atomic mass is 32.2. The van der Waals surface area contributed by atoms with E-state index >= 15 is 0 Å². The Hall–Kier alpha value is -3.17. The Labute approximate surface area is 155 Å². The fourth-order valence-electron chi connectivity index (χ4n) is 2.82. The molecule has 126 valence electrons. The Bertz CT molecular complexity index is 1110. The average molecular weight is 357 g/mol. The molecule has 0 saturated heterocycles. The number of thioether (sulfide) groups is 1. The van der Waals surface area contributed by atoms with Crippen LogP contribution in [0.5, 0.6) is 0 Å². The van der Waals surface area contributed by atoms with Gasteiger partial charge in [0.2, 0.25) is 0 Å². The van der Waals surface area contributed by atoms with Crippen LogP contribution in [0.1, 0.15) is 11.1 Å². The molecule has 26 heavy (non-hydrogen) atoms. The molecule has 0 radical (unpaired) electrons. The lowest BCUT2D eigenvalue weighted by molar-refractivity contribution is 0.784. The maximum Gasteiger partial charge on any atom is 0.162 e. The second-order valence-electron chi connectivity index (χ2n) is 5.83. The molecule has 0 bridgehead atoms. The van der Waals surface area contributed by atoms with Gasteiger partial charge in [0.15, 0.2) is 5.65 Å². The van der Waals surface area contributed by atoms with Gasteiger partial charge in [0, 0.05) is 12.8 Å². The van der Waals surface area contributed by atoms with Crippen LogP contribution in [0, 0.1) is 11.3 Å². The van der Waals surface area contributed by atoms with E-state index in [1.165, 1.54) is 5.56 Å². The molecule has 4 rings (SSSR count). The number of hydrogen-bond acceptors (Lipinski definition) is 5. The Balaban J connectivity index is 1.54. The number of aromatic nitrogens is 4. The predicted molar refractivity (Wildman–Crippen MR) is 102 cm³/mol. The molecule has 0 fully saturated rings. The van der Waals surface area contributed by atoms with Crippen LogP contribution in [0.25, 0.3) is 22.2 Å². The fraction of sp³-hybridized carbons (Fsp3) is 0.100. The second-order valence-corrected chi connectivity index (χ2v) is 6.79. The summed E-state index contributed by atoms with van der Waals surface area (Å²) < 4.78 is 1.75. The van der Waals surface area contributed by atoms with E-state index in [0.29, 0.717) is 5.56 Å². The number of nitriles is 1. The Morgan fingerprint density at radius 1 is 1.08 bits per heavy atom. The van der Waals surface area contributed by atoms with Crippen LogP contribution in [-0.2, 0) is 12.8 Å². The summed E-state index contributed by atoms with van der Waals surface area (Å²) in [5.41, 5.74) is 4.74. The lowest BCUT2D eigenvalue weighted by atomic mass is 10.00. The fourth-order valence-corrected chi connectivity index (χ4v) is 3.74. The van der Waals surface area contributed by atoms with Crippen LogP contribution in [0.2, 0.25) is 0 Å². The number of hydrogen-bond donors (Lipinski definition) is 0. The summed E-state index contributed by atoms with van der Waals surface area (Å²) >= 11 is 1.67. The summed E-state index contributed by atoms with van der Waals surface area (Å²) in [5, 5.41) is 15.4. The topological polar surface area (TPSA) is 67.4 Å². The second kappa shape index (κ2) is 6.98. The van der Waals surface area contributed by atoms with Crippen molar-refractivity contribution in [2.75, 3.05) is 0 Å². The minimum Gasteiger partial charge on any atom is -0.250 e. The van der Waals surface area contributed by atoms with E-state index in [0.717, 1.165) is 32.9 Å². The lowest BCUT2D eigenvalue weighted by Crippen LogP contribution is -1.93. The Morgan fingerprint density at radius 2 is 1.88 bits per heavy atom. The minimum atomic E-state index is 0.689. The Morgan fingerprint density at radius 3 is 2.69 bits per heavy atom. The first-order chi connectivity index (χ1) is 12.8. The van der Waals surface area contributed by atoms with Gasteiger partial charge in [-0.3, -0.25) is 4.68 Å². The summed E-state index contributed by atoms with van der Waals surface area (Å²) in [6.07, 6.45) is 3.38. The highest BCUT2D eigenvalue weighted by Crippen LogP contribution is 2.28. The molecule has 0 aliphatic rings. The minimum absolute atomic E-state index is 0.689. The van der Waals surface area contributed by atoms with Gasteiger partial charge in [-0.1, -0.05) is 42.5 Å². The molecule has 0 atom stereocenters. The van der Waals surface area contributed by atoms with Gasteiger partial charge in [0.05, 0.1) is 23.2 Å². The SMILES string of the molecule is Cn1ncc2c(SCc3ccc(-c4ccccc4C#N)cc3)ncnc21. The standard InChI is InChI=1S/C20H15N5S/c1-25-19-18(11-24-25)20(23-13-22-19)26-12-14-6-8-15(9-7-14)17-5-3-2-4-16(17)10-21/h2-9,11,13H,12H2,1H3. The van der Waals surface area contributed by atoms with Gasteiger partial charge >= 0.3 is 0 Å². The maximum absolute atomic E-state index is 9.26. The van der Waals surface area contributed by atoms with Crippen molar-refractivity contribution in [1.29, 1.82) is 5.26 Å². The molecule has 6 heteroatoms. The summed E-state index contributed by atoms with van der Waals surface area (Å²) in [5.74, 6) is 0.807. The number of fused-ring (bicyclic) bond motifs is 1. The number of rotatable bonds is 4. The first kappa shape index (κ1) is 16.3. The molecule has 0 spiro atoms. The molecule has 2 aromatic heterocycles. The van der Waals surface area contributed by atoms with Crippen molar-refractivity contribution in [3.63, 3.8) is 0 Å². The van der Waals surface area contributed by atoms with E-state index in [1.807, 2.05) is 31.3 Å². The molecule has 2 heterocycles. The van der Waals surface area contributed by atoms with Crippen LogP contribution in [-0.4, -0.2) is 19.7 Å². The number of nitrogens with zero attached hydrogens (tertiary/aromatic N) is 5. The first-order valence-corrected chi connectivity index (χ1v) is 9.09. The van der Waals surface area contributed by atoms with Crippen LogP contribution < -0.4 is 0 Å². The lowest BCUT2D eigenvalue weighted by Gasteiger charge is -2.06. The first-order valence-electron chi connectivity index (χ1n) is 8.10. The molecule has 0 amide bonds. The highest BCUT2D eigenvalue weighted by molar-refractivity contribution is 7.98. The quantitative estimate of drug-likeness (QED) is 0.404. The zero-order valence-electron chi connectivity index (χ0n) is 14.1. The third kappa shape index (κ3) is 3.05. The van der Waals surface area contributed by atoms with Crippen molar-refractivity contribution >= 4 is 22.8 Å². The molecule has 4 aromatic rings. The van der Waals surface area contributed by atoms with Gasteiger partial charge in [0.25, 0.3) is 0 Å². The third-order valence-electron chi connectivity index (χ3n) is 4.18. The van der Waals surface area contributed by atoms with E-state index in [-0.39, 0.29) is 0 Å². The molecule has 5 nitrogen and oxygen atoms in total. The monoisotopic (exact) mass is 357 g/mol. The van der Waals surface area contributed by atoms with E-state index in [2.05, 4.69) is 45.4 Å². The van der Waals surface area contributed by atoms with Gasteiger partial charge in [-0.2, -0.15) is 10.4 Å². The molecule has 0 aliphatic carbocycles. The molecule has 0 unspecified atom stereocenters. The van der Waals surface area contributed by atoms with Crippen molar-refractivity contribution in [3.05, 3.63) is 72.2 Å². The average Bonchev–Trinajstić information content (AvgIpc) is 3.08. The van der Waals surface area contributed by atoms with E-state index in [1.54, 1.807) is 29.0 Å². The normalized spacial score (nSPS) is 10.8. The molecular formula is C20H15N5S. The zero-order chi connectivity index (χ0) is 17.9. The van der Waals surface area contributed by atoms with Gasteiger partial charge in [-0.05, 0) is 22.8 Å². The van der Waals surface area contributed by atoms with Crippen LogP contribution in [0.3, 0.4) is 0 Å². The molecular weight excluding hydrogens is 342 g/mol. The highest BCUT2D eigenvalue weighted by Gasteiger charge is 2.09. The summed E-state index contributed by atoms with van der Waals surface area (Å²) in [7, 11) is 1.88. The molecule has 2 aromatic carbocycles. The van der Waals surface area contributed by atoms with Crippen molar-refractivity contribution < 1.29 is 0 Å². The van der Waals surface area contributed by atoms with Crippen LogP contribution in [0.15, 0.2) is 66.1 Å². The number of benzene rings is 2. The van der Waals surface area contributed by atoms with Gasteiger partial charge < -0.3 is 0 Å². The third-order valence-corrected chi connectivity index (χ3v) is 5.26. The van der Waals surface area contributed by atoms with Crippen molar-refractivity contribution in [2.24, 2.45) is 7.05 Å². The van der Waals surface area contributed by atoms with E-state index in [4.69, 9.17) is 0 Å². The van der Waals surface area contributed by atoms with E-state index in [9.17, 15) is 5.26 Å². The maximum atomic E-state index is 9.26. The number of aryl methyl sites for hydroxylation is 1. The van der Waals surface area contributed by atoms with E-state index < -0.39 is 0 Å². The summed E-state index contributed by atoms with van der Waals surface area (Å²) in [6, 6.07) is 18.2. The summed E-state index contributed by atoms with van der Waals surface area (Å²) in [6.45, 7) is 0. The summed E-state index contributed by atoms with van der Waals surface area (Å²) in [4.78, 5) is 8.65. The van der Waals surface area contributed by atoms with Gasteiger partial charge in [-0.25, -0.2) is 9.97 Å². The molecule has 0 saturated carbocycles. The predicted octanol–water partition coefficient (Wildman–Crippen LogP) is 4.19. The van der Waals surface area contributed by atoms with Crippen LogP contribution >= 0.6 is 11.8 Å². The van der Waals surface area contributed by atoms with Gasteiger partial charge in [-0.15, -0.1) is 11.8 Å². The van der Waals surface area contributed by atoms with Crippen LogP contribution in [0.4, 0.5) is 0 Å². The molecule has 0 aliphatic heterocycles. The smallest absolute Gasteiger partial charge is 0.162 e.